The summed E-state index contributed by atoms with van der Waals surface area (Å²) in [5.74, 6) is -0.0294. The van der Waals surface area contributed by atoms with Gasteiger partial charge in [-0.1, -0.05) is 0 Å². The molecule has 17 heavy (non-hydrogen) atoms. The molecule has 90 valence electrons. The number of aromatic nitrogens is 2. The number of carbonyl (C=O) groups excluding carboxylic acids is 1. The SMILES string of the molecule is CCOC(=O)C(OCC#N)c1ccnc(C)n1. The van der Waals surface area contributed by atoms with Gasteiger partial charge in [0.25, 0.3) is 0 Å². The van der Waals surface area contributed by atoms with Crippen molar-refractivity contribution in [3.63, 3.8) is 0 Å². The van der Waals surface area contributed by atoms with Gasteiger partial charge >= 0.3 is 5.97 Å². The Morgan fingerprint density at radius 3 is 3.00 bits per heavy atom. The van der Waals surface area contributed by atoms with Gasteiger partial charge in [-0.3, -0.25) is 0 Å². The van der Waals surface area contributed by atoms with Gasteiger partial charge in [-0.05, 0) is 19.9 Å². The van der Waals surface area contributed by atoms with Crippen LogP contribution in [0.15, 0.2) is 12.3 Å². The highest BCUT2D eigenvalue weighted by Gasteiger charge is 2.24. The Kier molecular flexibility index (Phi) is 5.04. The highest BCUT2D eigenvalue weighted by Crippen LogP contribution is 2.16. The summed E-state index contributed by atoms with van der Waals surface area (Å²) in [5, 5.41) is 8.47. The lowest BCUT2D eigenvalue weighted by Crippen LogP contribution is -2.20. The maximum Gasteiger partial charge on any atom is 0.341 e. The molecule has 0 N–H and O–H groups in total. The van der Waals surface area contributed by atoms with Crippen molar-refractivity contribution in [3.05, 3.63) is 23.8 Å². The molecular weight excluding hydrogens is 222 g/mol. The van der Waals surface area contributed by atoms with Crippen molar-refractivity contribution in [2.75, 3.05) is 13.2 Å². The van der Waals surface area contributed by atoms with Gasteiger partial charge in [0.05, 0.1) is 18.4 Å². The van der Waals surface area contributed by atoms with Gasteiger partial charge in [-0.25, -0.2) is 14.8 Å². The number of hydrogen-bond acceptors (Lipinski definition) is 6. The fourth-order valence-corrected chi connectivity index (χ4v) is 1.23. The quantitative estimate of drug-likeness (QED) is 0.706. The van der Waals surface area contributed by atoms with E-state index in [4.69, 9.17) is 14.7 Å². The minimum atomic E-state index is -0.976. The predicted octanol–water partition coefficient (Wildman–Crippen LogP) is 0.929. The topological polar surface area (TPSA) is 85.1 Å². The summed E-state index contributed by atoms with van der Waals surface area (Å²) in [6.45, 7) is 3.45. The third-order valence-corrected chi connectivity index (χ3v) is 1.88. The first-order chi connectivity index (χ1) is 8.19. The van der Waals surface area contributed by atoms with Crippen molar-refractivity contribution < 1.29 is 14.3 Å². The van der Waals surface area contributed by atoms with Crippen molar-refractivity contribution in [1.29, 1.82) is 5.26 Å². The average Bonchev–Trinajstić information content (AvgIpc) is 2.30. The average molecular weight is 235 g/mol. The standard InChI is InChI=1S/C11H13N3O3/c1-3-16-11(15)10(17-7-5-12)9-4-6-13-8(2)14-9/h4,6,10H,3,7H2,1-2H3. The van der Waals surface area contributed by atoms with E-state index < -0.39 is 12.1 Å². The molecule has 1 heterocycles. The Bertz CT molecular complexity index is 428. The summed E-state index contributed by atoms with van der Waals surface area (Å²) in [7, 11) is 0. The van der Waals surface area contributed by atoms with E-state index >= 15 is 0 Å². The van der Waals surface area contributed by atoms with Crippen LogP contribution < -0.4 is 0 Å². The van der Waals surface area contributed by atoms with Gasteiger partial charge in [0, 0.05) is 6.20 Å². The molecule has 0 spiro atoms. The van der Waals surface area contributed by atoms with Crippen LogP contribution in [0.25, 0.3) is 0 Å². The van der Waals surface area contributed by atoms with Gasteiger partial charge in [0.15, 0.2) is 6.10 Å². The van der Waals surface area contributed by atoms with Gasteiger partial charge < -0.3 is 9.47 Å². The molecule has 1 aromatic rings. The largest absolute Gasteiger partial charge is 0.464 e. The summed E-state index contributed by atoms with van der Waals surface area (Å²) in [5.41, 5.74) is 0.395. The molecule has 0 saturated carbocycles. The Hall–Kier alpha value is -2.00. The zero-order valence-electron chi connectivity index (χ0n) is 9.71. The lowest BCUT2D eigenvalue weighted by Gasteiger charge is -2.14. The lowest BCUT2D eigenvalue weighted by atomic mass is 10.2. The minimum Gasteiger partial charge on any atom is -0.464 e. The Morgan fingerprint density at radius 2 is 2.41 bits per heavy atom. The van der Waals surface area contributed by atoms with E-state index in [0.29, 0.717) is 11.5 Å². The van der Waals surface area contributed by atoms with Crippen LogP contribution in [0.5, 0.6) is 0 Å². The summed E-state index contributed by atoms with van der Waals surface area (Å²) in [6, 6.07) is 3.37. The molecule has 1 rings (SSSR count). The fourth-order valence-electron chi connectivity index (χ4n) is 1.23. The second-order valence-corrected chi connectivity index (χ2v) is 3.13. The van der Waals surface area contributed by atoms with Gasteiger partial charge in [0.1, 0.15) is 12.4 Å². The van der Waals surface area contributed by atoms with Gasteiger partial charge in [-0.2, -0.15) is 5.26 Å². The molecule has 6 nitrogen and oxygen atoms in total. The Labute approximate surface area is 99.2 Å². The summed E-state index contributed by atoms with van der Waals surface area (Å²) < 4.78 is 9.98. The molecule has 0 radical (unpaired) electrons. The molecule has 0 aliphatic rings. The van der Waals surface area contributed by atoms with Crippen LogP contribution in [0.3, 0.4) is 0 Å². The number of hydrogen-bond donors (Lipinski definition) is 0. The number of nitriles is 1. The molecule has 1 atom stereocenters. The van der Waals surface area contributed by atoms with Crippen molar-refractivity contribution in [3.8, 4) is 6.07 Å². The second-order valence-electron chi connectivity index (χ2n) is 3.13. The smallest absolute Gasteiger partial charge is 0.341 e. The predicted molar refractivity (Wildman–Crippen MR) is 57.7 cm³/mol. The number of nitrogens with zero attached hydrogens (tertiary/aromatic N) is 3. The molecule has 0 aromatic carbocycles. The molecule has 0 saturated heterocycles. The van der Waals surface area contributed by atoms with E-state index in [1.54, 1.807) is 26.0 Å². The number of esters is 1. The van der Waals surface area contributed by atoms with E-state index in [9.17, 15) is 4.79 Å². The molecule has 0 bridgehead atoms. The molecule has 6 heteroatoms. The third kappa shape index (κ3) is 3.81. The Balaban J connectivity index is 2.89. The maximum absolute atomic E-state index is 11.6. The summed E-state index contributed by atoms with van der Waals surface area (Å²) in [6.07, 6.45) is 0.552. The van der Waals surface area contributed by atoms with E-state index in [-0.39, 0.29) is 13.2 Å². The van der Waals surface area contributed by atoms with Crippen LogP contribution in [-0.2, 0) is 14.3 Å². The van der Waals surface area contributed by atoms with Crippen molar-refractivity contribution >= 4 is 5.97 Å². The van der Waals surface area contributed by atoms with Crippen LogP contribution in [0.1, 0.15) is 24.5 Å². The molecule has 1 unspecified atom stereocenters. The lowest BCUT2D eigenvalue weighted by molar-refractivity contribution is -0.156. The molecular formula is C11H13N3O3. The minimum absolute atomic E-state index is 0.202. The fraction of sp³-hybridized carbons (Fsp3) is 0.455. The van der Waals surface area contributed by atoms with Crippen LogP contribution >= 0.6 is 0 Å². The molecule has 1 aromatic heterocycles. The van der Waals surface area contributed by atoms with E-state index in [0.717, 1.165) is 0 Å². The van der Waals surface area contributed by atoms with Crippen LogP contribution in [0.2, 0.25) is 0 Å². The van der Waals surface area contributed by atoms with Gasteiger partial charge in [0.2, 0.25) is 0 Å². The molecule has 0 amide bonds. The monoisotopic (exact) mass is 235 g/mol. The summed E-state index contributed by atoms with van der Waals surface area (Å²) in [4.78, 5) is 19.7. The first kappa shape index (κ1) is 13.1. The normalized spacial score (nSPS) is 11.6. The van der Waals surface area contributed by atoms with Crippen molar-refractivity contribution in [1.82, 2.24) is 9.97 Å². The first-order valence-electron chi connectivity index (χ1n) is 5.13. The van der Waals surface area contributed by atoms with Crippen LogP contribution in [-0.4, -0.2) is 29.2 Å². The van der Waals surface area contributed by atoms with Gasteiger partial charge in [-0.15, -0.1) is 0 Å². The Morgan fingerprint density at radius 1 is 1.65 bits per heavy atom. The zero-order valence-corrected chi connectivity index (χ0v) is 9.71. The number of aryl methyl sites for hydroxylation is 1. The highest BCUT2D eigenvalue weighted by molar-refractivity contribution is 5.75. The van der Waals surface area contributed by atoms with E-state index in [1.807, 2.05) is 0 Å². The van der Waals surface area contributed by atoms with E-state index in [2.05, 4.69) is 9.97 Å². The first-order valence-corrected chi connectivity index (χ1v) is 5.13. The van der Waals surface area contributed by atoms with Crippen LogP contribution in [0, 0.1) is 18.3 Å². The number of rotatable bonds is 5. The van der Waals surface area contributed by atoms with Crippen molar-refractivity contribution in [2.45, 2.75) is 20.0 Å². The zero-order chi connectivity index (χ0) is 12.7. The molecule has 0 fully saturated rings. The third-order valence-electron chi connectivity index (χ3n) is 1.88. The number of carbonyl (C=O) groups is 1. The molecule has 0 aliphatic heterocycles. The van der Waals surface area contributed by atoms with Crippen molar-refractivity contribution in [2.24, 2.45) is 0 Å². The summed E-state index contributed by atoms with van der Waals surface area (Å²) >= 11 is 0. The number of ether oxygens (including phenoxy) is 2. The van der Waals surface area contributed by atoms with Crippen LogP contribution in [0.4, 0.5) is 0 Å². The molecule has 0 aliphatic carbocycles. The maximum atomic E-state index is 11.6. The highest BCUT2D eigenvalue weighted by atomic mass is 16.6. The van der Waals surface area contributed by atoms with E-state index in [1.165, 1.54) is 6.20 Å². The second kappa shape index (κ2) is 6.55.